The summed E-state index contributed by atoms with van der Waals surface area (Å²) in [5.74, 6) is -0.588. The molecule has 4 rings (SSSR count). The van der Waals surface area contributed by atoms with Crippen LogP contribution in [0.1, 0.15) is 57.1 Å². The summed E-state index contributed by atoms with van der Waals surface area (Å²) in [5, 5.41) is 12.3. The predicted molar refractivity (Wildman–Crippen MR) is 133 cm³/mol. The van der Waals surface area contributed by atoms with E-state index >= 15 is 0 Å². The fourth-order valence-corrected chi connectivity index (χ4v) is 5.44. The Hall–Kier alpha value is -3.35. The summed E-state index contributed by atoms with van der Waals surface area (Å²) >= 11 is 0. The molecule has 1 fully saturated rings. The monoisotopic (exact) mass is 478 g/mol. The molecule has 0 heterocycles. The molecule has 2 aliphatic carbocycles. The van der Waals surface area contributed by atoms with Crippen molar-refractivity contribution in [2.24, 2.45) is 11.8 Å². The largest absolute Gasteiger partial charge is 0.480 e. The minimum Gasteiger partial charge on any atom is -0.480 e. The topological polar surface area (TPSA) is 95.9 Å². The molecule has 2 aliphatic rings. The van der Waals surface area contributed by atoms with E-state index in [1.807, 2.05) is 24.3 Å². The number of carboxylic acid groups (broad SMARTS) is 1. The first kappa shape index (κ1) is 24.8. The lowest BCUT2D eigenvalue weighted by molar-refractivity contribution is -0.157. The summed E-state index contributed by atoms with van der Waals surface area (Å²) in [4.78, 5) is 38.0. The summed E-state index contributed by atoms with van der Waals surface area (Å²) < 4.78 is 5.59. The number of carbonyl (C=O) groups excluding carboxylic acids is 2. The van der Waals surface area contributed by atoms with Gasteiger partial charge < -0.3 is 20.1 Å². The summed E-state index contributed by atoms with van der Waals surface area (Å²) in [5.41, 5.74) is 3.53. The molecule has 35 heavy (non-hydrogen) atoms. The molecule has 2 aromatic carbocycles. The Balaban J connectivity index is 1.21. The Kier molecular flexibility index (Phi) is 7.15. The summed E-state index contributed by atoms with van der Waals surface area (Å²) in [7, 11) is 0. The van der Waals surface area contributed by atoms with E-state index in [0.717, 1.165) is 12.8 Å². The number of ether oxygens (including phenoxy) is 1. The van der Waals surface area contributed by atoms with E-state index in [-0.39, 0.29) is 24.3 Å². The maximum absolute atomic E-state index is 12.7. The van der Waals surface area contributed by atoms with Gasteiger partial charge in [0.2, 0.25) is 5.91 Å². The Morgan fingerprint density at radius 1 is 1.00 bits per heavy atom. The molecule has 2 aromatic rings. The highest BCUT2D eigenvalue weighted by Gasteiger charge is 2.39. The number of hydrogen-bond acceptors (Lipinski definition) is 4. The van der Waals surface area contributed by atoms with E-state index in [0.29, 0.717) is 25.4 Å². The predicted octanol–water partition coefficient (Wildman–Crippen LogP) is 4.65. The van der Waals surface area contributed by atoms with Crippen LogP contribution in [-0.4, -0.2) is 53.2 Å². The lowest BCUT2D eigenvalue weighted by Crippen LogP contribution is -2.53. The molecule has 0 bridgehead atoms. The van der Waals surface area contributed by atoms with Gasteiger partial charge in [0, 0.05) is 25.4 Å². The van der Waals surface area contributed by atoms with Crippen LogP contribution in [0.4, 0.5) is 4.79 Å². The fourth-order valence-electron chi connectivity index (χ4n) is 5.44. The summed E-state index contributed by atoms with van der Waals surface area (Å²) in [6, 6.07) is 16.5. The van der Waals surface area contributed by atoms with Gasteiger partial charge in [-0.3, -0.25) is 4.79 Å². The number of alkyl carbamates (subject to hydrolysis) is 1. The molecule has 0 spiro atoms. The average Bonchev–Trinajstić information content (AvgIpc) is 3.13. The van der Waals surface area contributed by atoms with Crippen LogP contribution in [0.2, 0.25) is 0 Å². The van der Waals surface area contributed by atoms with Crippen molar-refractivity contribution in [1.82, 2.24) is 10.2 Å². The van der Waals surface area contributed by atoms with E-state index in [4.69, 9.17) is 4.74 Å². The first-order chi connectivity index (χ1) is 16.7. The van der Waals surface area contributed by atoms with Gasteiger partial charge in [-0.15, -0.1) is 0 Å². The van der Waals surface area contributed by atoms with Crippen LogP contribution < -0.4 is 5.32 Å². The molecule has 0 atom stereocenters. The van der Waals surface area contributed by atoms with Gasteiger partial charge in [-0.25, -0.2) is 9.59 Å². The van der Waals surface area contributed by atoms with E-state index < -0.39 is 17.6 Å². The molecular weight excluding hydrogens is 444 g/mol. The second-order valence-corrected chi connectivity index (χ2v) is 10.1. The van der Waals surface area contributed by atoms with Crippen molar-refractivity contribution < 1.29 is 24.2 Å². The van der Waals surface area contributed by atoms with Gasteiger partial charge in [-0.2, -0.15) is 0 Å². The van der Waals surface area contributed by atoms with Crippen LogP contribution in [0.5, 0.6) is 0 Å². The number of nitrogens with one attached hydrogen (secondary N) is 1. The smallest absolute Gasteiger partial charge is 0.407 e. The number of amides is 2. The van der Waals surface area contributed by atoms with Gasteiger partial charge in [-0.1, -0.05) is 48.5 Å². The Bertz CT molecular complexity index is 1060. The van der Waals surface area contributed by atoms with Crippen LogP contribution >= 0.6 is 0 Å². The standard InChI is InChI=1S/C28H34N2O5/c1-4-30(28(2,3)26(32)33)25(31)15-18-13-19(14-18)16-29-27(34)35-17-24-22-11-7-5-9-20(22)21-10-6-8-12-23(21)24/h5-12,18-19,24H,4,13-17H2,1-3H3,(H,29,34)(H,32,33). The number of likely N-dealkylation sites (N-methyl/N-ethyl adjacent to an activating group) is 1. The van der Waals surface area contributed by atoms with Crippen molar-refractivity contribution >= 4 is 18.0 Å². The second-order valence-electron chi connectivity index (χ2n) is 10.1. The van der Waals surface area contributed by atoms with Gasteiger partial charge >= 0.3 is 12.1 Å². The molecular formula is C28H34N2O5. The Morgan fingerprint density at radius 3 is 2.11 bits per heavy atom. The molecule has 186 valence electrons. The number of rotatable bonds is 9. The number of carboxylic acids is 1. The fraction of sp³-hybridized carbons (Fsp3) is 0.464. The normalized spacial score (nSPS) is 18.7. The van der Waals surface area contributed by atoms with Gasteiger partial charge in [0.15, 0.2) is 0 Å². The minimum absolute atomic E-state index is 0.0313. The van der Waals surface area contributed by atoms with E-state index in [1.54, 1.807) is 20.8 Å². The maximum Gasteiger partial charge on any atom is 0.407 e. The highest BCUT2D eigenvalue weighted by atomic mass is 16.5. The quantitative estimate of drug-likeness (QED) is 0.547. The first-order valence-electron chi connectivity index (χ1n) is 12.3. The molecule has 0 unspecified atom stereocenters. The molecule has 0 radical (unpaired) electrons. The van der Waals surface area contributed by atoms with Gasteiger partial charge in [-0.05, 0) is 67.7 Å². The van der Waals surface area contributed by atoms with Crippen molar-refractivity contribution in [3.63, 3.8) is 0 Å². The molecule has 0 saturated heterocycles. The van der Waals surface area contributed by atoms with Crippen molar-refractivity contribution in [1.29, 1.82) is 0 Å². The molecule has 2 N–H and O–H groups in total. The first-order valence-corrected chi connectivity index (χ1v) is 12.3. The van der Waals surface area contributed by atoms with Crippen LogP contribution in [0.25, 0.3) is 11.1 Å². The Labute approximate surface area is 206 Å². The van der Waals surface area contributed by atoms with Gasteiger partial charge in [0.05, 0.1) is 0 Å². The third-order valence-corrected chi connectivity index (χ3v) is 7.49. The number of hydrogen-bond donors (Lipinski definition) is 2. The number of benzene rings is 2. The number of aliphatic carboxylic acids is 1. The van der Waals surface area contributed by atoms with Crippen molar-refractivity contribution in [2.75, 3.05) is 19.7 Å². The van der Waals surface area contributed by atoms with E-state index in [9.17, 15) is 19.5 Å². The van der Waals surface area contributed by atoms with Crippen molar-refractivity contribution in [3.8, 4) is 11.1 Å². The average molecular weight is 479 g/mol. The number of nitrogens with zero attached hydrogens (tertiary/aromatic N) is 1. The molecule has 1 saturated carbocycles. The maximum atomic E-state index is 12.7. The second kappa shape index (κ2) is 10.1. The minimum atomic E-state index is -1.22. The van der Waals surface area contributed by atoms with Crippen LogP contribution in [0, 0.1) is 11.8 Å². The lowest BCUT2D eigenvalue weighted by Gasteiger charge is -2.39. The highest BCUT2D eigenvalue weighted by Crippen LogP contribution is 2.44. The number of fused-ring (bicyclic) bond motifs is 3. The lowest BCUT2D eigenvalue weighted by atomic mass is 9.73. The molecule has 7 nitrogen and oxygen atoms in total. The van der Waals surface area contributed by atoms with Gasteiger partial charge in [0.1, 0.15) is 12.1 Å². The SMILES string of the molecule is CCN(C(=O)CC1CC(CNC(=O)OCC2c3ccccc3-c3ccccc32)C1)C(C)(C)C(=O)O. The van der Waals surface area contributed by atoms with Crippen molar-refractivity contribution in [3.05, 3.63) is 59.7 Å². The third-order valence-electron chi connectivity index (χ3n) is 7.49. The van der Waals surface area contributed by atoms with Crippen LogP contribution in [-0.2, 0) is 14.3 Å². The van der Waals surface area contributed by atoms with Gasteiger partial charge in [0.25, 0.3) is 0 Å². The molecule has 0 aliphatic heterocycles. The molecule has 7 heteroatoms. The summed E-state index contributed by atoms with van der Waals surface area (Å²) in [6.07, 6.45) is 1.58. The zero-order valence-electron chi connectivity index (χ0n) is 20.6. The van der Waals surface area contributed by atoms with Crippen LogP contribution in [0.3, 0.4) is 0 Å². The summed E-state index contributed by atoms with van der Waals surface area (Å²) in [6.45, 7) is 6.06. The molecule has 2 amide bonds. The zero-order chi connectivity index (χ0) is 25.2. The van der Waals surface area contributed by atoms with Crippen LogP contribution in [0.15, 0.2) is 48.5 Å². The Morgan fingerprint density at radius 2 is 1.57 bits per heavy atom. The third kappa shape index (κ3) is 5.04. The number of carbonyl (C=O) groups is 3. The zero-order valence-corrected chi connectivity index (χ0v) is 20.6. The van der Waals surface area contributed by atoms with E-state index in [1.165, 1.54) is 27.2 Å². The van der Waals surface area contributed by atoms with E-state index in [2.05, 4.69) is 29.6 Å². The van der Waals surface area contributed by atoms with Crippen molar-refractivity contribution in [2.45, 2.75) is 51.5 Å². The highest BCUT2D eigenvalue weighted by molar-refractivity contribution is 5.86. The molecule has 0 aromatic heterocycles.